The Morgan fingerprint density at radius 2 is 1.79 bits per heavy atom. The molecule has 0 N–H and O–H groups in total. The van der Waals surface area contributed by atoms with E-state index in [4.69, 9.17) is 9.47 Å². The molecule has 1 heterocycles. The fourth-order valence-electron chi connectivity index (χ4n) is 3.03. The van der Waals surface area contributed by atoms with Crippen LogP contribution in [0.4, 0.5) is 4.79 Å². The number of methoxy groups -OCH3 is 1. The van der Waals surface area contributed by atoms with Crippen molar-refractivity contribution >= 4 is 12.1 Å². The summed E-state index contributed by atoms with van der Waals surface area (Å²) in [6.07, 6.45) is 2.00. The van der Waals surface area contributed by atoms with Gasteiger partial charge in [0.15, 0.2) is 0 Å². The monoisotopic (exact) mass is 331 g/mol. The maximum atomic E-state index is 12.0. The van der Waals surface area contributed by atoms with Gasteiger partial charge in [0.1, 0.15) is 5.60 Å². The van der Waals surface area contributed by atoms with Crippen molar-refractivity contribution in [1.82, 2.24) is 4.90 Å². The number of rotatable bonds is 3. The van der Waals surface area contributed by atoms with Crippen LogP contribution in [0.25, 0.3) is 0 Å². The quantitative estimate of drug-likeness (QED) is 0.793. The molecule has 0 unspecified atom stereocenters. The molecule has 5 nitrogen and oxygen atoms in total. The Kier molecular flexibility index (Phi) is 4.28. The number of carbonyl (C=O) groups excluding carboxylic acids is 2. The number of esters is 1. The summed E-state index contributed by atoms with van der Waals surface area (Å²) in [7, 11) is 1.41. The van der Waals surface area contributed by atoms with E-state index in [0.717, 1.165) is 18.4 Å². The molecule has 2 fully saturated rings. The lowest BCUT2D eigenvalue weighted by atomic mass is 9.88. The van der Waals surface area contributed by atoms with E-state index in [1.165, 1.54) is 12.7 Å². The summed E-state index contributed by atoms with van der Waals surface area (Å²) in [4.78, 5) is 25.7. The largest absolute Gasteiger partial charge is 0.465 e. The molecule has 0 aromatic heterocycles. The summed E-state index contributed by atoms with van der Waals surface area (Å²) in [6.45, 7) is 6.94. The van der Waals surface area contributed by atoms with E-state index in [1.807, 2.05) is 32.9 Å². The molecule has 1 aromatic carbocycles. The number of hydrogen-bond acceptors (Lipinski definition) is 4. The van der Waals surface area contributed by atoms with Crippen LogP contribution in [-0.4, -0.2) is 42.8 Å². The van der Waals surface area contributed by atoms with Crippen LogP contribution in [-0.2, 0) is 9.47 Å². The molecule has 1 saturated carbocycles. The average molecular weight is 331 g/mol. The zero-order valence-corrected chi connectivity index (χ0v) is 14.8. The van der Waals surface area contributed by atoms with Crippen molar-refractivity contribution in [2.24, 2.45) is 0 Å². The first-order chi connectivity index (χ1) is 11.3. The summed E-state index contributed by atoms with van der Waals surface area (Å²) < 4.78 is 10.3. The van der Waals surface area contributed by atoms with E-state index >= 15 is 0 Å². The molecule has 0 radical (unpaired) electrons. The molecular weight excluding hydrogens is 306 g/mol. The highest BCUT2D eigenvalue weighted by atomic mass is 16.6. The summed E-state index contributed by atoms with van der Waals surface area (Å²) in [5, 5.41) is 0. The van der Waals surface area contributed by atoms with E-state index < -0.39 is 5.60 Å². The summed E-state index contributed by atoms with van der Waals surface area (Å²) >= 11 is 0. The van der Waals surface area contributed by atoms with Crippen molar-refractivity contribution < 1.29 is 19.1 Å². The van der Waals surface area contributed by atoms with Gasteiger partial charge < -0.3 is 14.4 Å². The van der Waals surface area contributed by atoms with Crippen molar-refractivity contribution in [2.45, 2.75) is 51.0 Å². The fraction of sp³-hybridized carbons (Fsp3) is 0.579. The minimum atomic E-state index is -0.469. The molecule has 1 aromatic rings. The Morgan fingerprint density at radius 1 is 1.12 bits per heavy atom. The number of carbonyl (C=O) groups is 2. The van der Waals surface area contributed by atoms with Crippen molar-refractivity contribution in [3.05, 3.63) is 34.9 Å². The maximum absolute atomic E-state index is 12.0. The second kappa shape index (κ2) is 6.11. The molecule has 0 spiro atoms. The third-order valence-electron chi connectivity index (χ3n) is 4.50. The normalized spacial score (nSPS) is 18.1. The first-order valence-corrected chi connectivity index (χ1v) is 8.48. The minimum absolute atomic E-state index is 0.257. The SMILES string of the molecule is COC(=O)c1ccc(C2CN(C(=O)OC(C)(C)C)C2)cc1C1CC1. The third-order valence-corrected chi connectivity index (χ3v) is 4.50. The van der Waals surface area contributed by atoms with Crippen LogP contribution in [0.3, 0.4) is 0 Å². The highest BCUT2D eigenvalue weighted by Gasteiger charge is 2.36. The van der Waals surface area contributed by atoms with Gasteiger partial charge in [-0.15, -0.1) is 0 Å². The number of likely N-dealkylation sites (tertiary alicyclic amines) is 1. The molecule has 3 rings (SSSR count). The molecule has 2 aliphatic rings. The van der Waals surface area contributed by atoms with Crippen molar-refractivity contribution in [1.29, 1.82) is 0 Å². The maximum Gasteiger partial charge on any atom is 0.410 e. The Labute approximate surface area is 142 Å². The van der Waals surface area contributed by atoms with Gasteiger partial charge in [-0.05, 0) is 56.7 Å². The molecule has 1 aliphatic heterocycles. The Hall–Kier alpha value is -2.04. The second-order valence-corrected chi connectivity index (χ2v) is 7.69. The van der Waals surface area contributed by atoms with E-state index in [1.54, 1.807) is 4.90 Å². The molecule has 24 heavy (non-hydrogen) atoms. The molecular formula is C19H25NO4. The zero-order valence-electron chi connectivity index (χ0n) is 14.8. The van der Waals surface area contributed by atoms with Gasteiger partial charge in [0.05, 0.1) is 12.7 Å². The Balaban J connectivity index is 1.68. The predicted molar refractivity (Wildman–Crippen MR) is 90.3 cm³/mol. The minimum Gasteiger partial charge on any atom is -0.465 e. The molecule has 130 valence electrons. The van der Waals surface area contributed by atoms with Crippen molar-refractivity contribution in [2.75, 3.05) is 20.2 Å². The number of amides is 1. The number of nitrogens with zero attached hydrogens (tertiary/aromatic N) is 1. The lowest BCUT2D eigenvalue weighted by molar-refractivity contribution is 0.00819. The number of ether oxygens (including phenoxy) is 2. The smallest absolute Gasteiger partial charge is 0.410 e. The van der Waals surface area contributed by atoms with Crippen LogP contribution < -0.4 is 0 Å². The molecule has 1 saturated heterocycles. The highest BCUT2D eigenvalue weighted by Crippen LogP contribution is 2.43. The van der Waals surface area contributed by atoms with Gasteiger partial charge in [-0.25, -0.2) is 9.59 Å². The van der Waals surface area contributed by atoms with Crippen molar-refractivity contribution in [3.8, 4) is 0 Å². The van der Waals surface area contributed by atoms with E-state index in [2.05, 4.69) is 6.07 Å². The van der Waals surface area contributed by atoms with Gasteiger partial charge in [0.2, 0.25) is 0 Å². The summed E-state index contributed by atoms with van der Waals surface area (Å²) in [6, 6.07) is 5.97. The first kappa shape index (κ1) is 16.8. The number of hydrogen-bond donors (Lipinski definition) is 0. The lowest BCUT2D eigenvalue weighted by Gasteiger charge is -2.40. The van der Waals surface area contributed by atoms with Crippen molar-refractivity contribution in [3.63, 3.8) is 0 Å². The third kappa shape index (κ3) is 3.55. The second-order valence-electron chi connectivity index (χ2n) is 7.69. The van der Waals surface area contributed by atoms with E-state index in [9.17, 15) is 9.59 Å². The summed E-state index contributed by atoms with van der Waals surface area (Å²) in [5.41, 5.74) is 2.48. The zero-order chi connectivity index (χ0) is 17.5. The van der Waals surface area contributed by atoms with Gasteiger partial charge in [-0.3, -0.25) is 0 Å². The first-order valence-electron chi connectivity index (χ1n) is 8.48. The van der Waals surface area contributed by atoms with E-state index in [0.29, 0.717) is 30.5 Å². The molecule has 0 atom stereocenters. The fourth-order valence-corrected chi connectivity index (χ4v) is 3.03. The van der Waals surface area contributed by atoms with Gasteiger partial charge in [0, 0.05) is 19.0 Å². The topological polar surface area (TPSA) is 55.8 Å². The predicted octanol–water partition coefficient (Wildman–Crippen LogP) is 3.68. The molecule has 0 bridgehead atoms. The van der Waals surface area contributed by atoms with Crippen LogP contribution in [0.5, 0.6) is 0 Å². The van der Waals surface area contributed by atoms with Gasteiger partial charge >= 0.3 is 12.1 Å². The lowest BCUT2D eigenvalue weighted by Crippen LogP contribution is -2.50. The Bertz CT molecular complexity index is 652. The molecule has 5 heteroatoms. The van der Waals surface area contributed by atoms with Gasteiger partial charge in [-0.1, -0.05) is 12.1 Å². The van der Waals surface area contributed by atoms with Gasteiger partial charge in [-0.2, -0.15) is 0 Å². The highest BCUT2D eigenvalue weighted by molar-refractivity contribution is 5.91. The molecule has 1 aliphatic carbocycles. The van der Waals surface area contributed by atoms with Crippen LogP contribution in [0.1, 0.15) is 66.9 Å². The van der Waals surface area contributed by atoms with Crippen LogP contribution in [0, 0.1) is 0 Å². The van der Waals surface area contributed by atoms with Crippen LogP contribution in [0.2, 0.25) is 0 Å². The standard InChI is InChI=1S/C19H25NO4/c1-19(2,3)24-18(22)20-10-14(11-20)13-7-8-15(17(21)23-4)16(9-13)12-5-6-12/h7-9,12,14H,5-6,10-11H2,1-4H3. The summed E-state index contributed by atoms with van der Waals surface area (Å²) in [5.74, 6) is 0.509. The van der Waals surface area contributed by atoms with Gasteiger partial charge in [0.25, 0.3) is 0 Å². The Morgan fingerprint density at radius 3 is 2.33 bits per heavy atom. The number of benzene rings is 1. The average Bonchev–Trinajstić information content (AvgIpc) is 3.27. The molecule has 1 amide bonds. The van der Waals surface area contributed by atoms with E-state index in [-0.39, 0.29) is 12.1 Å². The van der Waals surface area contributed by atoms with Crippen LogP contribution >= 0.6 is 0 Å². The van der Waals surface area contributed by atoms with Crippen LogP contribution in [0.15, 0.2) is 18.2 Å².